The first-order valence-corrected chi connectivity index (χ1v) is 9.31. The second-order valence-electron chi connectivity index (χ2n) is 7.15. The smallest absolute Gasteiger partial charge is 0.317 e. The van der Waals surface area contributed by atoms with Gasteiger partial charge in [-0.05, 0) is 37.4 Å². The van der Waals surface area contributed by atoms with Gasteiger partial charge >= 0.3 is 6.03 Å². The Hall–Kier alpha value is -2.12. The number of benzene rings is 1. The van der Waals surface area contributed by atoms with E-state index in [9.17, 15) is 4.79 Å². The van der Waals surface area contributed by atoms with Gasteiger partial charge in [-0.25, -0.2) is 9.78 Å². The summed E-state index contributed by atoms with van der Waals surface area (Å²) in [5.41, 5.74) is 2.02. The Bertz CT molecular complexity index is 743. The van der Waals surface area contributed by atoms with E-state index < -0.39 is 0 Å². The highest BCUT2D eigenvalue weighted by atomic mass is 16.3. The third-order valence-corrected chi connectivity index (χ3v) is 5.17. The van der Waals surface area contributed by atoms with Crippen molar-refractivity contribution in [2.75, 3.05) is 39.8 Å². The fourth-order valence-electron chi connectivity index (χ4n) is 3.65. The minimum Gasteiger partial charge on any atom is -0.395 e. The van der Waals surface area contributed by atoms with Crippen molar-refractivity contribution in [3.05, 3.63) is 30.1 Å². The minimum atomic E-state index is -0.0728. The van der Waals surface area contributed by atoms with Gasteiger partial charge in [0.15, 0.2) is 0 Å². The number of aromatic nitrogens is 2. The first kappa shape index (κ1) is 18.7. The summed E-state index contributed by atoms with van der Waals surface area (Å²) in [5, 5.41) is 12.1. The molecule has 3 rings (SSSR count). The molecule has 2 amide bonds. The Morgan fingerprint density at radius 2 is 2.23 bits per heavy atom. The van der Waals surface area contributed by atoms with E-state index in [4.69, 9.17) is 5.11 Å². The zero-order valence-corrected chi connectivity index (χ0v) is 15.7. The van der Waals surface area contributed by atoms with Gasteiger partial charge in [-0.3, -0.25) is 0 Å². The number of carbonyl (C=O) groups excluding carboxylic acids is 1. The molecule has 1 aromatic carbocycles. The maximum absolute atomic E-state index is 12.4. The van der Waals surface area contributed by atoms with Crippen LogP contribution in [0.25, 0.3) is 11.0 Å². The van der Waals surface area contributed by atoms with Gasteiger partial charge in [0.2, 0.25) is 0 Å². The number of nitrogens with zero attached hydrogens (tertiary/aromatic N) is 4. The molecule has 7 heteroatoms. The number of nitrogens with one attached hydrogen (secondary N) is 1. The van der Waals surface area contributed by atoms with Crippen molar-refractivity contribution in [2.24, 2.45) is 13.0 Å². The summed E-state index contributed by atoms with van der Waals surface area (Å²) in [6, 6.07) is 7.91. The van der Waals surface area contributed by atoms with Gasteiger partial charge in [-0.2, -0.15) is 0 Å². The molecule has 1 aliphatic heterocycles. The molecule has 0 spiro atoms. The lowest BCUT2D eigenvalue weighted by molar-refractivity contribution is 0.137. The van der Waals surface area contributed by atoms with Crippen LogP contribution in [0.2, 0.25) is 0 Å². The van der Waals surface area contributed by atoms with Crippen LogP contribution >= 0.6 is 0 Å². The number of hydrogen-bond donors (Lipinski definition) is 2. The highest BCUT2D eigenvalue weighted by molar-refractivity contribution is 5.76. The summed E-state index contributed by atoms with van der Waals surface area (Å²) in [4.78, 5) is 21.0. The summed E-state index contributed by atoms with van der Waals surface area (Å²) >= 11 is 0. The number of aryl methyl sites for hydroxylation is 1. The van der Waals surface area contributed by atoms with Crippen molar-refractivity contribution >= 4 is 17.1 Å². The first-order chi connectivity index (χ1) is 12.6. The molecule has 1 saturated heterocycles. The number of rotatable bonds is 6. The Morgan fingerprint density at radius 1 is 1.42 bits per heavy atom. The van der Waals surface area contributed by atoms with Crippen molar-refractivity contribution in [1.82, 2.24) is 24.7 Å². The van der Waals surface area contributed by atoms with Crippen LogP contribution in [0.15, 0.2) is 24.3 Å². The monoisotopic (exact) mass is 359 g/mol. The van der Waals surface area contributed by atoms with Crippen molar-refractivity contribution in [2.45, 2.75) is 19.4 Å². The predicted octanol–water partition coefficient (Wildman–Crippen LogP) is 1.42. The van der Waals surface area contributed by atoms with Gasteiger partial charge in [0, 0.05) is 33.7 Å². The number of likely N-dealkylation sites (tertiary alicyclic amines) is 1. The van der Waals surface area contributed by atoms with Crippen LogP contribution in [0.4, 0.5) is 4.79 Å². The second kappa shape index (κ2) is 8.51. The summed E-state index contributed by atoms with van der Waals surface area (Å²) in [6.07, 6.45) is 2.24. The molecule has 26 heavy (non-hydrogen) atoms. The summed E-state index contributed by atoms with van der Waals surface area (Å²) in [5.74, 6) is 1.32. The van der Waals surface area contributed by atoms with E-state index in [1.54, 1.807) is 11.9 Å². The number of para-hydroxylation sites is 2. The molecule has 1 fully saturated rings. The summed E-state index contributed by atoms with van der Waals surface area (Å²) < 4.78 is 2.03. The van der Waals surface area contributed by atoms with Gasteiger partial charge in [0.25, 0.3) is 0 Å². The van der Waals surface area contributed by atoms with Crippen LogP contribution in [0.1, 0.15) is 18.7 Å². The van der Waals surface area contributed by atoms with E-state index in [0.717, 1.165) is 49.3 Å². The highest BCUT2D eigenvalue weighted by Gasteiger charge is 2.21. The molecule has 0 aliphatic carbocycles. The van der Waals surface area contributed by atoms with Crippen molar-refractivity contribution < 1.29 is 9.90 Å². The number of carbonyl (C=O) groups is 1. The SMILES string of the molecule is CN(Cc1nc2ccccc2n1C)C(=O)NC[C@H]1CCCN(CCO)C1. The van der Waals surface area contributed by atoms with E-state index in [2.05, 4.69) is 15.2 Å². The predicted molar refractivity (Wildman–Crippen MR) is 102 cm³/mol. The Labute approximate surface area is 154 Å². The number of β-amino-alcohol motifs (C(OH)–C–C–N with tert-alkyl or cyclic N) is 1. The molecule has 7 nitrogen and oxygen atoms in total. The van der Waals surface area contributed by atoms with Gasteiger partial charge in [-0.1, -0.05) is 12.1 Å². The van der Waals surface area contributed by atoms with Crippen molar-refractivity contribution in [3.8, 4) is 0 Å². The highest BCUT2D eigenvalue weighted by Crippen LogP contribution is 2.16. The molecule has 0 radical (unpaired) electrons. The molecule has 142 valence electrons. The fourth-order valence-corrected chi connectivity index (χ4v) is 3.65. The molecule has 2 heterocycles. The first-order valence-electron chi connectivity index (χ1n) is 9.31. The zero-order valence-electron chi connectivity index (χ0n) is 15.7. The number of aliphatic hydroxyl groups excluding tert-OH is 1. The van der Waals surface area contributed by atoms with Crippen molar-refractivity contribution in [3.63, 3.8) is 0 Å². The number of piperidine rings is 1. The second-order valence-corrected chi connectivity index (χ2v) is 7.15. The summed E-state index contributed by atoms with van der Waals surface area (Å²) in [7, 11) is 3.78. The van der Waals surface area contributed by atoms with Crippen LogP contribution in [-0.2, 0) is 13.6 Å². The number of urea groups is 1. The van der Waals surface area contributed by atoms with E-state index >= 15 is 0 Å². The van der Waals surface area contributed by atoms with Crippen LogP contribution in [0, 0.1) is 5.92 Å². The molecule has 2 aromatic rings. The number of hydrogen-bond acceptors (Lipinski definition) is 4. The van der Waals surface area contributed by atoms with E-state index in [1.807, 2.05) is 35.9 Å². The van der Waals surface area contributed by atoms with Gasteiger partial charge < -0.3 is 24.8 Å². The largest absolute Gasteiger partial charge is 0.395 e. The standard InChI is InChI=1S/C19H29N5O2/c1-22(14-18-21-16-7-3-4-8-17(16)23(18)2)19(26)20-12-15-6-5-9-24(13-15)10-11-25/h3-4,7-8,15,25H,5-6,9-14H2,1-2H3,(H,20,26)/t15-/m1/s1. The topological polar surface area (TPSA) is 73.6 Å². The van der Waals surface area contributed by atoms with Gasteiger partial charge in [0.05, 0.1) is 24.2 Å². The Balaban J connectivity index is 1.52. The fraction of sp³-hybridized carbons (Fsp3) is 0.579. The molecule has 1 aliphatic rings. The lowest BCUT2D eigenvalue weighted by Gasteiger charge is -2.32. The van der Waals surface area contributed by atoms with Crippen LogP contribution in [0.3, 0.4) is 0 Å². The van der Waals surface area contributed by atoms with E-state index in [-0.39, 0.29) is 12.6 Å². The van der Waals surface area contributed by atoms with E-state index in [0.29, 0.717) is 19.0 Å². The van der Waals surface area contributed by atoms with Crippen LogP contribution in [-0.4, -0.2) is 70.3 Å². The molecule has 1 atom stereocenters. The maximum Gasteiger partial charge on any atom is 0.317 e. The molecule has 2 N–H and O–H groups in total. The number of imidazole rings is 1. The third-order valence-electron chi connectivity index (χ3n) is 5.17. The van der Waals surface area contributed by atoms with Gasteiger partial charge in [0.1, 0.15) is 5.82 Å². The minimum absolute atomic E-state index is 0.0728. The quantitative estimate of drug-likeness (QED) is 0.818. The molecule has 0 unspecified atom stereocenters. The van der Waals surface area contributed by atoms with Crippen LogP contribution in [0.5, 0.6) is 0 Å². The average molecular weight is 359 g/mol. The van der Waals surface area contributed by atoms with E-state index in [1.165, 1.54) is 0 Å². The molecule has 1 aromatic heterocycles. The van der Waals surface area contributed by atoms with Gasteiger partial charge in [-0.15, -0.1) is 0 Å². The third kappa shape index (κ3) is 4.34. The molecular weight excluding hydrogens is 330 g/mol. The lowest BCUT2D eigenvalue weighted by atomic mass is 9.98. The number of aliphatic hydroxyl groups is 1. The zero-order chi connectivity index (χ0) is 18.5. The van der Waals surface area contributed by atoms with Crippen molar-refractivity contribution in [1.29, 1.82) is 0 Å². The maximum atomic E-state index is 12.4. The Morgan fingerprint density at radius 3 is 3.00 bits per heavy atom. The molecule has 0 bridgehead atoms. The number of amides is 2. The molecular formula is C19H29N5O2. The Kier molecular flexibility index (Phi) is 6.11. The average Bonchev–Trinajstić information content (AvgIpc) is 2.96. The van der Waals surface area contributed by atoms with Crippen LogP contribution < -0.4 is 5.32 Å². The summed E-state index contributed by atoms with van der Waals surface area (Å²) in [6.45, 7) is 4.04. The normalized spacial score (nSPS) is 18.2. The number of fused-ring (bicyclic) bond motifs is 1. The lowest BCUT2D eigenvalue weighted by Crippen LogP contribution is -2.44. The molecule has 0 saturated carbocycles.